The van der Waals surface area contributed by atoms with Gasteiger partial charge >= 0.3 is 0 Å². The molecular formula is C15H18BrFN2. The molecule has 0 aliphatic heterocycles. The molecule has 1 aromatic rings. The third-order valence-electron chi connectivity index (χ3n) is 3.74. The SMILES string of the molecule is N#CC1CCC(NCCc2cc(Br)ccc2F)CC1. The summed E-state index contributed by atoms with van der Waals surface area (Å²) in [5.41, 5.74) is 0.743. The molecule has 0 atom stereocenters. The Hall–Kier alpha value is -0.920. The van der Waals surface area contributed by atoms with Gasteiger partial charge in [-0.1, -0.05) is 15.9 Å². The van der Waals surface area contributed by atoms with Crippen LogP contribution in [-0.2, 0) is 6.42 Å². The second-order valence-corrected chi connectivity index (χ2v) is 6.03. The molecule has 0 unspecified atom stereocenters. The number of nitriles is 1. The van der Waals surface area contributed by atoms with E-state index in [9.17, 15) is 4.39 Å². The van der Waals surface area contributed by atoms with Crippen LogP contribution in [0.1, 0.15) is 31.2 Å². The monoisotopic (exact) mass is 324 g/mol. The van der Waals surface area contributed by atoms with E-state index < -0.39 is 0 Å². The highest BCUT2D eigenvalue weighted by molar-refractivity contribution is 9.10. The first-order chi connectivity index (χ1) is 9.19. The quantitative estimate of drug-likeness (QED) is 0.914. The Bertz CT molecular complexity index is 462. The van der Waals surface area contributed by atoms with Crippen molar-refractivity contribution < 1.29 is 4.39 Å². The van der Waals surface area contributed by atoms with Crippen LogP contribution < -0.4 is 5.32 Å². The minimum atomic E-state index is -0.141. The lowest BCUT2D eigenvalue weighted by molar-refractivity contribution is 0.333. The molecule has 4 heteroatoms. The topological polar surface area (TPSA) is 35.8 Å². The van der Waals surface area contributed by atoms with Crippen molar-refractivity contribution >= 4 is 15.9 Å². The Kier molecular flexibility index (Phi) is 5.35. The average Bonchev–Trinajstić information content (AvgIpc) is 2.43. The molecule has 1 saturated carbocycles. The number of nitrogens with zero attached hydrogens (tertiary/aromatic N) is 1. The molecule has 0 spiro atoms. The van der Waals surface area contributed by atoms with Gasteiger partial charge in [0, 0.05) is 16.4 Å². The van der Waals surface area contributed by atoms with Crippen LogP contribution in [0.25, 0.3) is 0 Å². The van der Waals surface area contributed by atoms with E-state index in [0.29, 0.717) is 12.5 Å². The van der Waals surface area contributed by atoms with E-state index in [1.807, 2.05) is 6.07 Å². The summed E-state index contributed by atoms with van der Waals surface area (Å²) in [5, 5.41) is 12.3. The predicted molar refractivity (Wildman–Crippen MR) is 77.2 cm³/mol. The molecule has 0 saturated heterocycles. The van der Waals surface area contributed by atoms with Gasteiger partial charge in [-0.15, -0.1) is 0 Å². The molecule has 0 bridgehead atoms. The number of hydrogen-bond acceptors (Lipinski definition) is 2. The van der Waals surface area contributed by atoms with Crippen LogP contribution in [0.5, 0.6) is 0 Å². The van der Waals surface area contributed by atoms with E-state index in [0.717, 1.165) is 42.3 Å². The van der Waals surface area contributed by atoms with Gasteiger partial charge in [-0.05, 0) is 62.4 Å². The van der Waals surface area contributed by atoms with E-state index >= 15 is 0 Å². The maximum atomic E-state index is 13.5. The number of benzene rings is 1. The largest absolute Gasteiger partial charge is 0.314 e. The minimum Gasteiger partial charge on any atom is -0.314 e. The molecule has 2 rings (SSSR count). The highest BCUT2D eigenvalue weighted by Crippen LogP contribution is 2.23. The Morgan fingerprint density at radius 3 is 2.74 bits per heavy atom. The summed E-state index contributed by atoms with van der Waals surface area (Å²) in [6, 6.07) is 7.88. The third kappa shape index (κ3) is 4.29. The van der Waals surface area contributed by atoms with Gasteiger partial charge in [-0.25, -0.2) is 4.39 Å². The fraction of sp³-hybridized carbons (Fsp3) is 0.533. The van der Waals surface area contributed by atoms with Crippen LogP contribution >= 0.6 is 15.9 Å². The van der Waals surface area contributed by atoms with Gasteiger partial charge in [0.2, 0.25) is 0 Å². The highest BCUT2D eigenvalue weighted by Gasteiger charge is 2.20. The predicted octanol–water partition coefficient (Wildman–Crippen LogP) is 3.80. The smallest absolute Gasteiger partial charge is 0.126 e. The van der Waals surface area contributed by atoms with Crippen LogP contribution in [0.15, 0.2) is 22.7 Å². The van der Waals surface area contributed by atoms with Crippen molar-refractivity contribution in [3.05, 3.63) is 34.1 Å². The molecule has 0 heterocycles. The van der Waals surface area contributed by atoms with Crippen molar-refractivity contribution in [3.63, 3.8) is 0 Å². The summed E-state index contributed by atoms with van der Waals surface area (Å²) in [7, 11) is 0. The lowest BCUT2D eigenvalue weighted by atomic mass is 9.87. The van der Waals surface area contributed by atoms with Gasteiger partial charge in [0.1, 0.15) is 5.82 Å². The number of halogens is 2. The van der Waals surface area contributed by atoms with Crippen LogP contribution in [0.2, 0.25) is 0 Å². The highest BCUT2D eigenvalue weighted by atomic mass is 79.9. The summed E-state index contributed by atoms with van der Waals surface area (Å²) in [5.74, 6) is 0.0961. The molecule has 1 fully saturated rings. The molecule has 1 aliphatic carbocycles. The maximum absolute atomic E-state index is 13.5. The van der Waals surface area contributed by atoms with E-state index in [1.54, 1.807) is 6.07 Å². The van der Waals surface area contributed by atoms with Gasteiger partial charge < -0.3 is 5.32 Å². The molecule has 1 N–H and O–H groups in total. The van der Waals surface area contributed by atoms with Crippen LogP contribution in [-0.4, -0.2) is 12.6 Å². The number of rotatable bonds is 4. The summed E-state index contributed by atoms with van der Waals surface area (Å²) in [6.07, 6.45) is 4.78. The molecule has 1 aliphatic rings. The average molecular weight is 325 g/mol. The van der Waals surface area contributed by atoms with Gasteiger partial charge in [0.25, 0.3) is 0 Å². The van der Waals surface area contributed by atoms with Crippen LogP contribution in [0, 0.1) is 23.1 Å². The first kappa shape index (κ1) is 14.5. The van der Waals surface area contributed by atoms with Crippen molar-refractivity contribution in [2.45, 2.75) is 38.1 Å². The van der Waals surface area contributed by atoms with E-state index in [4.69, 9.17) is 5.26 Å². The zero-order valence-corrected chi connectivity index (χ0v) is 12.4. The van der Waals surface area contributed by atoms with Crippen molar-refractivity contribution in [2.75, 3.05) is 6.54 Å². The minimum absolute atomic E-state index is 0.141. The zero-order valence-electron chi connectivity index (χ0n) is 10.8. The van der Waals surface area contributed by atoms with Gasteiger partial charge in [0.05, 0.1) is 6.07 Å². The summed E-state index contributed by atoms with van der Waals surface area (Å²) < 4.78 is 14.5. The van der Waals surface area contributed by atoms with E-state index in [-0.39, 0.29) is 11.7 Å². The van der Waals surface area contributed by atoms with Crippen molar-refractivity contribution in [1.29, 1.82) is 5.26 Å². The van der Waals surface area contributed by atoms with Crippen LogP contribution in [0.3, 0.4) is 0 Å². The van der Waals surface area contributed by atoms with Crippen molar-refractivity contribution in [2.24, 2.45) is 5.92 Å². The number of nitrogens with one attached hydrogen (secondary N) is 1. The molecule has 0 aromatic heterocycles. The second kappa shape index (κ2) is 7.02. The Morgan fingerprint density at radius 2 is 2.05 bits per heavy atom. The fourth-order valence-corrected chi connectivity index (χ4v) is 2.98. The summed E-state index contributed by atoms with van der Waals surface area (Å²) in [4.78, 5) is 0. The van der Waals surface area contributed by atoms with Gasteiger partial charge in [-0.2, -0.15) is 5.26 Å². The molecule has 1 aromatic carbocycles. The first-order valence-corrected chi connectivity index (χ1v) is 7.55. The second-order valence-electron chi connectivity index (χ2n) is 5.12. The Labute approximate surface area is 122 Å². The van der Waals surface area contributed by atoms with E-state index in [2.05, 4.69) is 27.3 Å². The summed E-state index contributed by atoms with van der Waals surface area (Å²) >= 11 is 3.36. The zero-order chi connectivity index (χ0) is 13.7. The third-order valence-corrected chi connectivity index (χ3v) is 4.24. The normalized spacial score (nSPS) is 23.0. The first-order valence-electron chi connectivity index (χ1n) is 6.76. The number of hydrogen-bond donors (Lipinski definition) is 1. The lowest BCUT2D eigenvalue weighted by Gasteiger charge is -2.25. The molecule has 102 valence electrons. The molecule has 0 amide bonds. The molecule has 2 nitrogen and oxygen atoms in total. The molecule has 0 radical (unpaired) electrons. The molecular weight excluding hydrogens is 307 g/mol. The van der Waals surface area contributed by atoms with E-state index in [1.165, 1.54) is 6.07 Å². The van der Waals surface area contributed by atoms with Crippen molar-refractivity contribution in [3.8, 4) is 6.07 Å². The Balaban J connectivity index is 1.75. The molecule has 19 heavy (non-hydrogen) atoms. The van der Waals surface area contributed by atoms with Crippen LogP contribution in [0.4, 0.5) is 4.39 Å². The maximum Gasteiger partial charge on any atom is 0.126 e. The summed E-state index contributed by atoms with van der Waals surface area (Å²) in [6.45, 7) is 0.787. The Morgan fingerprint density at radius 1 is 1.32 bits per heavy atom. The fourth-order valence-electron chi connectivity index (χ4n) is 2.57. The van der Waals surface area contributed by atoms with Crippen molar-refractivity contribution in [1.82, 2.24) is 5.32 Å². The van der Waals surface area contributed by atoms with Gasteiger partial charge in [0.15, 0.2) is 0 Å². The standard InChI is InChI=1S/C15H18BrFN2/c16-13-3-6-15(17)12(9-13)7-8-19-14-4-1-11(10-18)2-5-14/h3,6,9,11,14,19H,1-2,4-5,7-8H2. The van der Waals surface area contributed by atoms with Gasteiger partial charge in [-0.3, -0.25) is 0 Å². The lowest BCUT2D eigenvalue weighted by Crippen LogP contribution is -2.34.